The lowest BCUT2D eigenvalue weighted by atomic mass is 10.2. The summed E-state index contributed by atoms with van der Waals surface area (Å²) in [5.74, 6) is 1.32. The van der Waals surface area contributed by atoms with Crippen LogP contribution in [0.1, 0.15) is 18.9 Å². The summed E-state index contributed by atoms with van der Waals surface area (Å²) >= 11 is 6.12. The van der Waals surface area contributed by atoms with Crippen LogP contribution in [0.2, 0.25) is 5.02 Å². The number of ether oxygens (including phenoxy) is 2. The molecule has 0 saturated carbocycles. The molecular formula is C23H27ClN4O3. The highest BCUT2D eigenvalue weighted by atomic mass is 35.5. The zero-order valence-electron chi connectivity index (χ0n) is 17.8. The van der Waals surface area contributed by atoms with Gasteiger partial charge in [0.1, 0.15) is 11.5 Å². The maximum atomic E-state index is 13.2. The number of amides is 2. The lowest BCUT2D eigenvalue weighted by Crippen LogP contribution is -2.36. The molecule has 2 amide bonds. The van der Waals surface area contributed by atoms with Gasteiger partial charge >= 0.3 is 6.03 Å². The Kier molecular flexibility index (Phi) is 8.18. The number of carbonyl (C=O) groups excluding carboxylic acids is 1. The van der Waals surface area contributed by atoms with E-state index < -0.39 is 0 Å². The number of urea groups is 1. The Balaban J connectivity index is 1.77. The number of aromatic nitrogens is 2. The SMILES string of the molecule is CCOc1ccccc1CN(CCCn1ccnc1)C(=O)Nc1cc(Cl)ccc1OC. The Bertz CT molecular complexity index is 979. The van der Waals surface area contributed by atoms with Gasteiger partial charge in [0, 0.05) is 36.1 Å². The first kappa shape index (κ1) is 22.5. The molecule has 0 aliphatic carbocycles. The van der Waals surface area contributed by atoms with E-state index in [0.717, 1.165) is 24.3 Å². The number of methoxy groups -OCH3 is 1. The van der Waals surface area contributed by atoms with Gasteiger partial charge in [-0.3, -0.25) is 0 Å². The molecule has 164 valence electrons. The van der Waals surface area contributed by atoms with E-state index in [1.807, 2.05) is 42.0 Å². The molecule has 31 heavy (non-hydrogen) atoms. The second kappa shape index (κ2) is 11.3. The highest BCUT2D eigenvalue weighted by Crippen LogP contribution is 2.28. The Labute approximate surface area is 187 Å². The van der Waals surface area contributed by atoms with Gasteiger partial charge in [0.15, 0.2) is 0 Å². The van der Waals surface area contributed by atoms with Gasteiger partial charge < -0.3 is 24.3 Å². The van der Waals surface area contributed by atoms with Gasteiger partial charge in [0.25, 0.3) is 0 Å². The summed E-state index contributed by atoms with van der Waals surface area (Å²) in [7, 11) is 1.56. The topological polar surface area (TPSA) is 68.6 Å². The normalized spacial score (nSPS) is 10.5. The first-order chi connectivity index (χ1) is 15.1. The zero-order chi connectivity index (χ0) is 22.1. The molecule has 0 radical (unpaired) electrons. The van der Waals surface area contributed by atoms with Crippen molar-refractivity contribution in [1.29, 1.82) is 0 Å². The summed E-state index contributed by atoms with van der Waals surface area (Å²) < 4.78 is 13.1. The van der Waals surface area contributed by atoms with Gasteiger partial charge in [0.2, 0.25) is 0 Å². The van der Waals surface area contributed by atoms with Crippen LogP contribution in [0.5, 0.6) is 11.5 Å². The summed E-state index contributed by atoms with van der Waals surface area (Å²) in [6.07, 6.45) is 6.19. The van der Waals surface area contributed by atoms with Crippen molar-refractivity contribution in [3.05, 3.63) is 71.8 Å². The molecule has 7 nitrogen and oxygen atoms in total. The number of nitrogens with one attached hydrogen (secondary N) is 1. The number of anilines is 1. The van der Waals surface area contributed by atoms with Crippen molar-refractivity contribution in [3.8, 4) is 11.5 Å². The minimum Gasteiger partial charge on any atom is -0.495 e. The number of carbonyl (C=O) groups is 1. The zero-order valence-corrected chi connectivity index (χ0v) is 18.5. The van der Waals surface area contributed by atoms with Crippen LogP contribution >= 0.6 is 11.6 Å². The molecule has 1 aromatic heterocycles. The number of hydrogen-bond acceptors (Lipinski definition) is 4. The second-order valence-corrected chi connectivity index (χ2v) is 7.33. The van der Waals surface area contributed by atoms with Crippen LogP contribution < -0.4 is 14.8 Å². The average molecular weight is 443 g/mol. The molecule has 0 aliphatic heterocycles. The maximum Gasteiger partial charge on any atom is 0.322 e. The van der Waals surface area contributed by atoms with Crippen molar-refractivity contribution in [2.45, 2.75) is 26.4 Å². The number of hydrogen-bond donors (Lipinski definition) is 1. The summed E-state index contributed by atoms with van der Waals surface area (Å²) in [4.78, 5) is 19.0. The largest absolute Gasteiger partial charge is 0.495 e. The van der Waals surface area contributed by atoms with Crippen molar-refractivity contribution in [2.24, 2.45) is 0 Å². The predicted molar refractivity (Wildman–Crippen MR) is 122 cm³/mol. The van der Waals surface area contributed by atoms with E-state index >= 15 is 0 Å². The Morgan fingerprint density at radius 3 is 2.81 bits per heavy atom. The van der Waals surface area contributed by atoms with Crippen molar-refractivity contribution in [3.63, 3.8) is 0 Å². The summed E-state index contributed by atoms with van der Waals surface area (Å²) in [5, 5.41) is 3.45. The quantitative estimate of drug-likeness (QED) is 0.476. The summed E-state index contributed by atoms with van der Waals surface area (Å²) in [5.41, 5.74) is 1.47. The van der Waals surface area contributed by atoms with Gasteiger partial charge in [-0.1, -0.05) is 29.8 Å². The molecule has 2 aromatic carbocycles. The lowest BCUT2D eigenvalue weighted by Gasteiger charge is -2.25. The molecule has 0 bridgehead atoms. The number of para-hydroxylation sites is 1. The minimum absolute atomic E-state index is 0.238. The van der Waals surface area contributed by atoms with E-state index in [1.54, 1.807) is 42.7 Å². The second-order valence-electron chi connectivity index (χ2n) is 6.89. The Morgan fingerprint density at radius 1 is 1.23 bits per heavy atom. The smallest absolute Gasteiger partial charge is 0.322 e. The Morgan fingerprint density at radius 2 is 2.06 bits per heavy atom. The van der Waals surface area contributed by atoms with Crippen molar-refractivity contribution < 1.29 is 14.3 Å². The molecular weight excluding hydrogens is 416 g/mol. The van der Waals surface area contributed by atoms with Crippen LogP contribution in [-0.4, -0.2) is 40.7 Å². The molecule has 1 heterocycles. The fourth-order valence-corrected chi connectivity index (χ4v) is 3.40. The fourth-order valence-electron chi connectivity index (χ4n) is 3.22. The van der Waals surface area contributed by atoms with Crippen molar-refractivity contribution in [2.75, 3.05) is 25.6 Å². The molecule has 0 unspecified atom stereocenters. The number of aryl methyl sites for hydroxylation is 1. The fraction of sp³-hybridized carbons (Fsp3) is 0.304. The van der Waals surface area contributed by atoms with Gasteiger partial charge in [0.05, 0.1) is 32.3 Å². The van der Waals surface area contributed by atoms with Crippen LogP contribution in [0, 0.1) is 0 Å². The minimum atomic E-state index is -0.238. The summed E-state index contributed by atoms with van der Waals surface area (Å²) in [6.45, 7) is 4.22. The lowest BCUT2D eigenvalue weighted by molar-refractivity contribution is 0.206. The van der Waals surface area contributed by atoms with E-state index in [2.05, 4.69) is 10.3 Å². The number of benzene rings is 2. The molecule has 0 atom stereocenters. The van der Waals surface area contributed by atoms with E-state index in [9.17, 15) is 4.79 Å². The molecule has 1 N–H and O–H groups in total. The standard InChI is InChI=1S/C23H27ClN4O3/c1-3-31-21-8-5-4-7-18(21)16-28(13-6-12-27-14-11-25-17-27)23(29)26-20-15-19(24)9-10-22(20)30-2/h4-5,7-11,14-15,17H,3,6,12-13,16H2,1-2H3,(H,26,29). The molecule has 0 saturated heterocycles. The van der Waals surface area contributed by atoms with Crippen molar-refractivity contribution >= 4 is 23.3 Å². The van der Waals surface area contributed by atoms with E-state index in [4.69, 9.17) is 21.1 Å². The first-order valence-electron chi connectivity index (χ1n) is 10.2. The van der Waals surface area contributed by atoms with E-state index in [1.165, 1.54) is 0 Å². The molecule has 0 aliphatic rings. The first-order valence-corrected chi connectivity index (χ1v) is 10.5. The third-order valence-corrected chi connectivity index (χ3v) is 4.96. The Hall–Kier alpha value is -3.19. The molecule has 3 rings (SSSR count). The predicted octanol–water partition coefficient (Wildman–Crippen LogP) is 5.07. The number of rotatable bonds is 10. The third kappa shape index (κ3) is 6.39. The van der Waals surface area contributed by atoms with Crippen LogP contribution in [-0.2, 0) is 13.1 Å². The van der Waals surface area contributed by atoms with E-state index in [-0.39, 0.29) is 6.03 Å². The molecule has 3 aromatic rings. The van der Waals surface area contributed by atoms with Gasteiger partial charge in [-0.05, 0) is 37.6 Å². The van der Waals surface area contributed by atoms with Crippen LogP contribution in [0.15, 0.2) is 61.2 Å². The van der Waals surface area contributed by atoms with E-state index in [0.29, 0.717) is 36.2 Å². The van der Waals surface area contributed by atoms with Crippen LogP contribution in [0.3, 0.4) is 0 Å². The maximum absolute atomic E-state index is 13.2. The van der Waals surface area contributed by atoms with Gasteiger partial charge in [-0.2, -0.15) is 0 Å². The number of nitrogens with zero attached hydrogens (tertiary/aromatic N) is 3. The highest BCUT2D eigenvalue weighted by Gasteiger charge is 2.18. The monoisotopic (exact) mass is 442 g/mol. The summed E-state index contributed by atoms with van der Waals surface area (Å²) in [6, 6.07) is 12.6. The number of imidazole rings is 1. The third-order valence-electron chi connectivity index (χ3n) is 4.73. The average Bonchev–Trinajstić information content (AvgIpc) is 3.28. The number of halogens is 1. The molecule has 0 fully saturated rings. The van der Waals surface area contributed by atoms with Gasteiger partial charge in [-0.25, -0.2) is 9.78 Å². The highest BCUT2D eigenvalue weighted by molar-refractivity contribution is 6.31. The molecule has 0 spiro atoms. The van der Waals surface area contributed by atoms with Crippen molar-refractivity contribution in [1.82, 2.24) is 14.5 Å². The molecule has 8 heteroatoms. The van der Waals surface area contributed by atoms with Crippen LogP contribution in [0.4, 0.5) is 10.5 Å². The van der Waals surface area contributed by atoms with Crippen LogP contribution in [0.25, 0.3) is 0 Å². The van der Waals surface area contributed by atoms with Gasteiger partial charge in [-0.15, -0.1) is 0 Å².